The van der Waals surface area contributed by atoms with Crippen LogP contribution in [0.4, 0.5) is 0 Å². The van der Waals surface area contributed by atoms with Crippen LogP contribution in [0.5, 0.6) is 0 Å². The van der Waals surface area contributed by atoms with Crippen LogP contribution in [0, 0.1) is 5.92 Å². The van der Waals surface area contributed by atoms with Crippen LogP contribution >= 0.6 is 0 Å². The molecule has 1 aromatic carbocycles. The number of aromatic nitrogens is 2. The average molecular weight is 285 g/mol. The average Bonchev–Trinajstić information content (AvgIpc) is 2.82. The van der Waals surface area contributed by atoms with Gasteiger partial charge in [0.2, 0.25) is 5.91 Å². The molecule has 4 heteroatoms. The number of nitrogens with zero attached hydrogens (tertiary/aromatic N) is 2. The lowest BCUT2D eigenvalue weighted by atomic mass is 10.2. The van der Waals surface area contributed by atoms with Crippen LogP contribution < -0.4 is 5.32 Å². The van der Waals surface area contributed by atoms with Crippen LogP contribution in [0.25, 0.3) is 11.0 Å². The number of para-hydroxylation sites is 2. The molecule has 0 spiro atoms. The van der Waals surface area contributed by atoms with E-state index in [1.807, 2.05) is 38.1 Å². The third-order valence-electron chi connectivity index (χ3n) is 3.45. The lowest BCUT2D eigenvalue weighted by molar-refractivity contribution is -0.123. The van der Waals surface area contributed by atoms with Gasteiger partial charge in [-0.3, -0.25) is 4.79 Å². The summed E-state index contributed by atoms with van der Waals surface area (Å²) in [6.45, 7) is 9.07. The molecule has 1 N–H and O–H groups in total. The molecule has 1 heterocycles. The zero-order valence-corrected chi connectivity index (χ0v) is 12.8. The molecule has 0 saturated carbocycles. The molecule has 0 saturated heterocycles. The monoisotopic (exact) mass is 285 g/mol. The van der Waals surface area contributed by atoms with Gasteiger partial charge in [0.15, 0.2) is 0 Å². The fourth-order valence-corrected chi connectivity index (χ4v) is 2.31. The normalized spacial score (nSPS) is 11.0. The van der Waals surface area contributed by atoms with E-state index >= 15 is 0 Å². The summed E-state index contributed by atoms with van der Waals surface area (Å²) >= 11 is 0. The van der Waals surface area contributed by atoms with Gasteiger partial charge in [-0.05, 0) is 18.6 Å². The van der Waals surface area contributed by atoms with Crippen LogP contribution in [-0.4, -0.2) is 22.0 Å². The van der Waals surface area contributed by atoms with Gasteiger partial charge in [-0.1, -0.05) is 32.1 Å². The Bertz CT molecular complexity index is 628. The zero-order valence-electron chi connectivity index (χ0n) is 12.8. The van der Waals surface area contributed by atoms with Crippen molar-refractivity contribution in [2.75, 3.05) is 6.54 Å². The molecule has 0 fully saturated rings. The lowest BCUT2D eigenvalue weighted by Crippen LogP contribution is -2.28. The third kappa shape index (κ3) is 3.72. The second-order valence-corrected chi connectivity index (χ2v) is 5.47. The second kappa shape index (κ2) is 7.07. The van der Waals surface area contributed by atoms with Crippen LogP contribution in [0.3, 0.4) is 0 Å². The number of aryl methyl sites for hydroxylation is 1. The van der Waals surface area contributed by atoms with Gasteiger partial charge in [-0.15, -0.1) is 6.58 Å². The summed E-state index contributed by atoms with van der Waals surface area (Å²) < 4.78 is 2.19. The largest absolute Gasteiger partial charge is 0.356 e. The summed E-state index contributed by atoms with van der Waals surface area (Å²) in [6, 6.07) is 8.13. The highest BCUT2D eigenvalue weighted by Gasteiger charge is 2.10. The standard InChI is InChI=1S/C17H23N3O/c1-4-12-20-15-9-6-5-8-14(15)19-16(20)10-7-11-18-17(21)13(2)3/h4-6,8-9,13H,1,7,10-12H2,2-3H3,(H,18,21). The minimum absolute atomic E-state index is 0.0374. The van der Waals surface area contributed by atoms with Crippen molar-refractivity contribution in [3.05, 3.63) is 42.7 Å². The van der Waals surface area contributed by atoms with E-state index in [2.05, 4.69) is 27.5 Å². The van der Waals surface area contributed by atoms with Gasteiger partial charge in [0.25, 0.3) is 0 Å². The predicted molar refractivity (Wildman–Crippen MR) is 86.1 cm³/mol. The molecule has 0 radical (unpaired) electrons. The quantitative estimate of drug-likeness (QED) is 0.628. The van der Waals surface area contributed by atoms with Gasteiger partial charge in [-0.25, -0.2) is 4.98 Å². The van der Waals surface area contributed by atoms with Gasteiger partial charge in [0.05, 0.1) is 11.0 Å². The molecule has 2 rings (SSSR count). The molecule has 1 amide bonds. The topological polar surface area (TPSA) is 46.9 Å². The molecule has 2 aromatic rings. The van der Waals surface area contributed by atoms with E-state index in [-0.39, 0.29) is 11.8 Å². The number of allylic oxidation sites excluding steroid dienone is 1. The third-order valence-corrected chi connectivity index (χ3v) is 3.45. The molecular weight excluding hydrogens is 262 g/mol. The van der Waals surface area contributed by atoms with Crippen molar-refractivity contribution in [3.63, 3.8) is 0 Å². The maximum Gasteiger partial charge on any atom is 0.222 e. The highest BCUT2D eigenvalue weighted by molar-refractivity contribution is 5.77. The summed E-state index contributed by atoms with van der Waals surface area (Å²) in [5, 5.41) is 2.94. The Balaban J connectivity index is 2.02. The first kappa shape index (κ1) is 15.3. The first-order chi connectivity index (χ1) is 10.1. The van der Waals surface area contributed by atoms with Gasteiger partial charge < -0.3 is 9.88 Å². The molecule has 0 aliphatic carbocycles. The number of amides is 1. The second-order valence-electron chi connectivity index (χ2n) is 5.47. The molecule has 0 unspecified atom stereocenters. The molecule has 112 valence electrons. The minimum atomic E-state index is 0.0374. The van der Waals surface area contributed by atoms with Gasteiger partial charge in [0.1, 0.15) is 5.82 Å². The van der Waals surface area contributed by atoms with Gasteiger partial charge in [0, 0.05) is 25.4 Å². The summed E-state index contributed by atoms with van der Waals surface area (Å²) in [7, 11) is 0. The number of hydrogen-bond acceptors (Lipinski definition) is 2. The Morgan fingerprint density at radius 2 is 2.19 bits per heavy atom. The number of imidazole rings is 1. The molecule has 21 heavy (non-hydrogen) atoms. The molecular formula is C17H23N3O. The van der Waals surface area contributed by atoms with Crippen molar-refractivity contribution in [3.8, 4) is 0 Å². The van der Waals surface area contributed by atoms with E-state index in [1.54, 1.807) is 0 Å². The van der Waals surface area contributed by atoms with Crippen LogP contribution in [0.1, 0.15) is 26.1 Å². The zero-order chi connectivity index (χ0) is 15.2. The Morgan fingerprint density at radius 3 is 2.90 bits per heavy atom. The molecule has 0 bridgehead atoms. The number of fused-ring (bicyclic) bond motifs is 1. The number of hydrogen-bond donors (Lipinski definition) is 1. The maximum atomic E-state index is 11.5. The van der Waals surface area contributed by atoms with E-state index in [9.17, 15) is 4.79 Å². The molecule has 0 atom stereocenters. The Morgan fingerprint density at radius 1 is 1.43 bits per heavy atom. The van der Waals surface area contributed by atoms with Crippen molar-refractivity contribution < 1.29 is 4.79 Å². The van der Waals surface area contributed by atoms with E-state index in [0.717, 1.165) is 36.2 Å². The summed E-state index contributed by atoms with van der Waals surface area (Å²) in [5.74, 6) is 1.19. The lowest BCUT2D eigenvalue weighted by Gasteiger charge is -2.08. The highest BCUT2D eigenvalue weighted by atomic mass is 16.1. The molecule has 4 nitrogen and oxygen atoms in total. The Labute approximate surface area is 125 Å². The number of nitrogens with one attached hydrogen (secondary N) is 1. The first-order valence-corrected chi connectivity index (χ1v) is 7.46. The van der Waals surface area contributed by atoms with Crippen molar-refractivity contribution >= 4 is 16.9 Å². The minimum Gasteiger partial charge on any atom is -0.356 e. The Hall–Kier alpha value is -2.10. The SMILES string of the molecule is C=CCn1c(CCCNC(=O)C(C)C)nc2ccccc21. The Kier molecular flexibility index (Phi) is 5.14. The summed E-state index contributed by atoms with van der Waals surface area (Å²) in [4.78, 5) is 16.2. The number of rotatable bonds is 7. The number of benzene rings is 1. The van der Waals surface area contributed by atoms with E-state index in [0.29, 0.717) is 6.54 Å². The number of carbonyl (C=O) groups is 1. The van der Waals surface area contributed by atoms with Crippen LogP contribution in [0.15, 0.2) is 36.9 Å². The van der Waals surface area contributed by atoms with Crippen molar-refractivity contribution in [1.82, 2.24) is 14.9 Å². The highest BCUT2D eigenvalue weighted by Crippen LogP contribution is 2.17. The number of carbonyl (C=O) groups excluding carboxylic acids is 1. The van der Waals surface area contributed by atoms with Crippen LogP contribution in [0.2, 0.25) is 0 Å². The van der Waals surface area contributed by atoms with Gasteiger partial charge >= 0.3 is 0 Å². The first-order valence-electron chi connectivity index (χ1n) is 7.46. The molecule has 1 aromatic heterocycles. The fraction of sp³-hybridized carbons (Fsp3) is 0.412. The maximum absolute atomic E-state index is 11.5. The van der Waals surface area contributed by atoms with E-state index in [4.69, 9.17) is 0 Å². The van der Waals surface area contributed by atoms with Gasteiger partial charge in [-0.2, -0.15) is 0 Å². The smallest absolute Gasteiger partial charge is 0.222 e. The molecule has 0 aliphatic rings. The fourth-order valence-electron chi connectivity index (χ4n) is 2.31. The van der Waals surface area contributed by atoms with Crippen LogP contribution in [-0.2, 0) is 17.8 Å². The van der Waals surface area contributed by atoms with Crippen molar-refractivity contribution in [1.29, 1.82) is 0 Å². The van der Waals surface area contributed by atoms with Crippen molar-refractivity contribution in [2.45, 2.75) is 33.2 Å². The van der Waals surface area contributed by atoms with E-state index < -0.39 is 0 Å². The van der Waals surface area contributed by atoms with Crippen molar-refractivity contribution in [2.24, 2.45) is 5.92 Å². The van der Waals surface area contributed by atoms with E-state index in [1.165, 1.54) is 0 Å². The molecule has 0 aliphatic heterocycles. The summed E-state index contributed by atoms with van der Waals surface area (Å²) in [6.07, 6.45) is 3.62. The predicted octanol–water partition coefficient (Wildman–Crippen LogP) is 2.93. The summed E-state index contributed by atoms with van der Waals surface area (Å²) in [5.41, 5.74) is 2.15.